The van der Waals surface area contributed by atoms with Gasteiger partial charge in [0, 0.05) is 53.7 Å². The van der Waals surface area contributed by atoms with Gasteiger partial charge in [-0.2, -0.15) is 5.10 Å². The van der Waals surface area contributed by atoms with Crippen LogP contribution in [0.3, 0.4) is 0 Å². The van der Waals surface area contributed by atoms with E-state index in [0.29, 0.717) is 43.6 Å². The number of pyridine rings is 1. The summed E-state index contributed by atoms with van der Waals surface area (Å²) < 4.78 is 12.8. The fourth-order valence-corrected chi connectivity index (χ4v) is 6.15. The monoisotopic (exact) mass is 697 g/mol. The van der Waals surface area contributed by atoms with Crippen LogP contribution in [-0.2, 0) is 33.7 Å². The highest BCUT2D eigenvalue weighted by atomic mass is 35.5. The molecule has 0 radical (unpaired) electrons. The third kappa shape index (κ3) is 9.17. The fraction of sp³-hybridized carbons (Fsp3) is 0.361. The first-order valence-corrected chi connectivity index (χ1v) is 17.2. The second-order valence-corrected chi connectivity index (χ2v) is 12.5. The highest BCUT2D eigenvalue weighted by Gasteiger charge is 2.23. The summed E-state index contributed by atoms with van der Waals surface area (Å²) in [4.78, 5) is 33.5. The first kappa shape index (κ1) is 34.9. The Morgan fingerprint density at radius 2 is 1.86 bits per heavy atom. The van der Waals surface area contributed by atoms with Gasteiger partial charge in [-0.05, 0) is 52.6 Å². The lowest BCUT2D eigenvalue weighted by atomic mass is 10.0. The smallest absolute Gasteiger partial charge is 0.307 e. The molecule has 6 rings (SSSR count). The molecule has 1 aliphatic heterocycles. The van der Waals surface area contributed by atoms with Crippen molar-refractivity contribution >= 4 is 23.5 Å². The fourth-order valence-electron chi connectivity index (χ4n) is 5.93. The molecule has 2 aromatic carbocycles. The largest absolute Gasteiger partial charge is 0.464 e. The average Bonchev–Trinajstić information content (AvgIpc) is 3.81. The van der Waals surface area contributed by atoms with E-state index in [4.69, 9.17) is 31.2 Å². The number of rotatable bonds is 15. The van der Waals surface area contributed by atoms with Crippen LogP contribution in [0, 0.1) is 0 Å². The number of aryl methyl sites for hydroxylation is 1. The molecule has 0 bridgehead atoms. The molecular formula is C36H40ClN9O4. The Hall–Kier alpha value is -4.98. The van der Waals surface area contributed by atoms with Crippen molar-refractivity contribution < 1.29 is 19.1 Å². The number of nitrogens with zero attached hydrogens (tertiary/aromatic N) is 7. The number of tetrazole rings is 1. The van der Waals surface area contributed by atoms with E-state index in [-0.39, 0.29) is 30.6 Å². The van der Waals surface area contributed by atoms with Gasteiger partial charge in [-0.25, -0.2) is 5.10 Å². The summed E-state index contributed by atoms with van der Waals surface area (Å²) in [5.74, 6) is -0.192. The van der Waals surface area contributed by atoms with Gasteiger partial charge < -0.3 is 14.8 Å². The van der Waals surface area contributed by atoms with E-state index in [2.05, 4.69) is 37.8 Å². The number of amides is 1. The number of ether oxygens (including phenoxy) is 2. The van der Waals surface area contributed by atoms with E-state index in [1.807, 2.05) is 71.5 Å². The van der Waals surface area contributed by atoms with Gasteiger partial charge in [0.05, 0.1) is 31.9 Å². The SMILES string of the molecule is CCCc1cc(C(=O)N[C@@H](CC(=O)OCCN2CCOCC2)Cc2ccccc2Cl)nn1Cc1ccc(-c2ccccc2-c2nnn[nH]2)nc1. The van der Waals surface area contributed by atoms with Gasteiger partial charge in [0.1, 0.15) is 12.3 Å². The number of nitrogens with one attached hydrogen (secondary N) is 2. The summed E-state index contributed by atoms with van der Waals surface area (Å²) in [6, 6.07) is 20.4. The van der Waals surface area contributed by atoms with Crippen LogP contribution in [0.2, 0.25) is 5.02 Å². The highest BCUT2D eigenvalue weighted by molar-refractivity contribution is 6.31. The molecule has 50 heavy (non-hydrogen) atoms. The molecule has 13 nitrogen and oxygen atoms in total. The lowest BCUT2D eigenvalue weighted by molar-refractivity contribution is -0.144. The number of carbonyl (C=O) groups is 2. The number of aromatic nitrogens is 7. The Labute approximate surface area is 295 Å². The standard InChI is InChI=1S/C36H40ClN9O4/c1-2-7-28-22-33(42-46(28)24-25-12-13-32(38-23-25)29-9-4-5-10-30(29)35-40-43-44-41-35)36(48)39-27(20-26-8-3-6-11-31(26)37)21-34(47)50-19-16-45-14-17-49-18-15-45/h3-6,8-13,22-23,27H,2,7,14-21,24H2,1H3,(H,39,48)(H,40,41,43,44)/t27-/m1/s1. The number of H-pyrrole nitrogens is 1. The molecule has 0 unspecified atom stereocenters. The van der Waals surface area contributed by atoms with Crippen molar-refractivity contribution in [2.75, 3.05) is 39.5 Å². The molecule has 4 heterocycles. The van der Waals surface area contributed by atoms with E-state index in [1.165, 1.54) is 0 Å². The van der Waals surface area contributed by atoms with Crippen LogP contribution in [0.5, 0.6) is 0 Å². The lowest BCUT2D eigenvalue weighted by Crippen LogP contribution is -2.40. The Kier molecular flexibility index (Phi) is 11.9. The second kappa shape index (κ2) is 17.1. The van der Waals surface area contributed by atoms with Crippen molar-refractivity contribution in [1.29, 1.82) is 0 Å². The minimum atomic E-state index is -0.551. The van der Waals surface area contributed by atoms with Crippen molar-refractivity contribution in [3.63, 3.8) is 0 Å². The van der Waals surface area contributed by atoms with Gasteiger partial charge in [0.15, 0.2) is 5.82 Å². The molecule has 1 amide bonds. The van der Waals surface area contributed by atoms with E-state index in [0.717, 1.165) is 59.6 Å². The molecule has 0 spiro atoms. The van der Waals surface area contributed by atoms with Crippen LogP contribution >= 0.6 is 11.6 Å². The Morgan fingerprint density at radius 1 is 1.06 bits per heavy atom. The number of hydrogen-bond donors (Lipinski definition) is 2. The van der Waals surface area contributed by atoms with Crippen molar-refractivity contribution in [2.45, 2.75) is 45.2 Å². The molecule has 3 aromatic heterocycles. The van der Waals surface area contributed by atoms with Gasteiger partial charge in [-0.3, -0.25) is 24.2 Å². The predicted molar refractivity (Wildman–Crippen MR) is 187 cm³/mol. The topological polar surface area (TPSA) is 153 Å². The van der Waals surface area contributed by atoms with Crippen molar-refractivity contribution in [3.05, 3.63) is 100 Å². The van der Waals surface area contributed by atoms with E-state index >= 15 is 0 Å². The van der Waals surface area contributed by atoms with Crippen LogP contribution in [0.25, 0.3) is 22.6 Å². The normalized spacial score (nSPS) is 14.0. The summed E-state index contributed by atoms with van der Waals surface area (Å²) in [7, 11) is 0. The van der Waals surface area contributed by atoms with Gasteiger partial charge in [-0.15, -0.1) is 5.10 Å². The van der Waals surface area contributed by atoms with E-state index in [1.54, 1.807) is 6.07 Å². The predicted octanol–water partition coefficient (Wildman–Crippen LogP) is 4.39. The molecule has 1 saturated heterocycles. The van der Waals surface area contributed by atoms with Crippen LogP contribution in [0.1, 0.15) is 47.1 Å². The van der Waals surface area contributed by atoms with E-state index < -0.39 is 6.04 Å². The number of aromatic amines is 1. The number of halogens is 1. The minimum Gasteiger partial charge on any atom is -0.464 e. The molecule has 5 aromatic rings. The summed E-state index contributed by atoms with van der Waals surface area (Å²) >= 11 is 6.46. The zero-order valence-corrected chi connectivity index (χ0v) is 28.7. The summed E-state index contributed by atoms with van der Waals surface area (Å²) in [6.45, 7) is 6.41. The summed E-state index contributed by atoms with van der Waals surface area (Å²) in [5.41, 5.74) is 5.48. The highest BCUT2D eigenvalue weighted by Crippen LogP contribution is 2.28. The van der Waals surface area contributed by atoms with Crippen LogP contribution in [0.4, 0.5) is 0 Å². The molecule has 1 atom stereocenters. The quantitative estimate of drug-likeness (QED) is 0.151. The molecule has 260 valence electrons. The Morgan fingerprint density at radius 3 is 2.60 bits per heavy atom. The lowest BCUT2D eigenvalue weighted by Gasteiger charge is -2.26. The number of morpholine rings is 1. The third-order valence-electron chi connectivity index (χ3n) is 8.51. The Bertz CT molecular complexity index is 1860. The van der Waals surface area contributed by atoms with Crippen LogP contribution in [0.15, 0.2) is 72.9 Å². The molecule has 1 aliphatic rings. The Balaban J connectivity index is 1.14. The first-order chi connectivity index (χ1) is 24.5. The molecule has 2 N–H and O–H groups in total. The molecular weight excluding hydrogens is 658 g/mol. The van der Waals surface area contributed by atoms with Crippen molar-refractivity contribution in [1.82, 2.24) is 45.6 Å². The maximum atomic E-state index is 13.7. The average molecular weight is 698 g/mol. The van der Waals surface area contributed by atoms with Gasteiger partial charge in [0.25, 0.3) is 5.91 Å². The number of carbonyl (C=O) groups excluding carboxylic acids is 2. The third-order valence-corrected chi connectivity index (χ3v) is 8.88. The van der Waals surface area contributed by atoms with Crippen LogP contribution < -0.4 is 5.32 Å². The number of esters is 1. The maximum absolute atomic E-state index is 13.7. The molecule has 1 fully saturated rings. The zero-order valence-electron chi connectivity index (χ0n) is 27.9. The first-order valence-electron chi connectivity index (χ1n) is 16.8. The summed E-state index contributed by atoms with van der Waals surface area (Å²) in [6.07, 6.45) is 3.79. The second-order valence-electron chi connectivity index (χ2n) is 12.1. The number of hydrogen-bond acceptors (Lipinski definition) is 10. The summed E-state index contributed by atoms with van der Waals surface area (Å²) in [5, 5.41) is 22.6. The zero-order chi connectivity index (χ0) is 34.7. The molecule has 0 aliphatic carbocycles. The number of benzene rings is 2. The van der Waals surface area contributed by atoms with Gasteiger partial charge in [-0.1, -0.05) is 73.5 Å². The van der Waals surface area contributed by atoms with Gasteiger partial charge in [0.2, 0.25) is 0 Å². The van der Waals surface area contributed by atoms with Crippen molar-refractivity contribution in [2.24, 2.45) is 0 Å². The molecule has 14 heteroatoms. The molecule has 0 saturated carbocycles. The van der Waals surface area contributed by atoms with Crippen molar-refractivity contribution in [3.8, 4) is 22.6 Å². The maximum Gasteiger partial charge on any atom is 0.307 e. The van der Waals surface area contributed by atoms with Gasteiger partial charge >= 0.3 is 5.97 Å². The minimum absolute atomic E-state index is 0.00328. The van der Waals surface area contributed by atoms with Crippen LogP contribution in [-0.4, -0.2) is 97.7 Å². The van der Waals surface area contributed by atoms with E-state index in [9.17, 15) is 9.59 Å².